The molecule has 0 N–H and O–H groups in total. The van der Waals surface area contributed by atoms with E-state index in [2.05, 4.69) is 12.1 Å². The van der Waals surface area contributed by atoms with Crippen molar-refractivity contribution >= 4 is 40.5 Å². The van der Waals surface area contributed by atoms with E-state index in [-0.39, 0.29) is 0 Å². The standard InChI is InChI=1S/C24H20Cl2N2O4/c1-3-4-20-17(9-10-23(27-20)31-16-7-5-15(25)6-8-16)24-18-11-22(30-14(2)13-29)19(26)12-21(18)32-28-24/h5-14H,3-4H2,1-2H3/t14-/m1/s1. The summed E-state index contributed by atoms with van der Waals surface area (Å²) < 4.78 is 17.0. The zero-order valence-corrected chi connectivity index (χ0v) is 19.0. The minimum Gasteiger partial charge on any atom is -0.482 e. The summed E-state index contributed by atoms with van der Waals surface area (Å²) in [6, 6.07) is 14.1. The molecule has 0 saturated carbocycles. The largest absolute Gasteiger partial charge is 0.482 e. The number of hydrogen-bond acceptors (Lipinski definition) is 6. The van der Waals surface area contributed by atoms with E-state index in [4.69, 9.17) is 42.2 Å². The van der Waals surface area contributed by atoms with E-state index in [1.807, 2.05) is 6.07 Å². The highest BCUT2D eigenvalue weighted by molar-refractivity contribution is 6.33. The maximum atomic E-state index is 11.0. The summed E-state index contributed by atoms with van der Waals surface area (Å²) in [4.78, 5) is 15.7. The fourth-order valence-electron chi connectivity index (χ4n) is 3.26. The number of fused-ring (bicyclic) bond motifs is 1. The number of halogens is 2. The first kappa shape index (κ1) is 22.1. The van der Waals surface area contributed by atoms with Crippen LogP contribution in [-0.2, 0) is 11.2 Å². The number of carbonyl (C=O) groups is 1. The maximum Gasteiger partial charge on any atom is 0.219 e. The number of benzene rings is 2. The minimum absolute atomic E-state index is 0.340. The summed E-state index contributed by atoms with van der Waals surface area (Å²) in [5.41, 5.74) is 2.79. The van der Waals surface area contributed by atoms with Gasteiger partial charge in [0.2, 0.25) is 5.88 Å². The summed E-state index contributed by atoms with van der Waals surface area (Å²) in [7, 11) is 0. The van der Waals surface area contributed by atoms with Crippen molar-refractivity contribution in [3.63, 3.8) is 0 Å². The summed E-state index contributed by atoms with van der Waals surface area (Å²) >= 11 is 12.2. The fraction of sp³-hybridized carbons (Fsp3) is 0.208. The Labute approximate surface area is 195 Å². The Bertz CT molecular complexity index is 1260. The zero-order chi connectivity index (χ0) is 22.7. The Morgan fingerprint density at radius 2 is 1.91 bits per heavy atom. The van der Waals surface area contributed by atoms with Gasteiger partial charge < -0.3 is 14.0 Å². The molecule has 0 spiro atoms. The van der Waals surface area contributed by atoms with Gasteiger partial charge in [-0.15, -0.1) is 0 Å². The lowest BCUT2D eigenvalue weighted by molar-refractivity contribution is -0.113. The average molecular weight is 471 g/mol. The van der Waals surface area contributed by atoms with Gasteiger partial charge in [-0.3, -0.25) is 4.79 Å². The van der Waals surface area contributed by atoms with Crippen LogP contribution in [0.3, 0.4) is 0 Å². The van der Waals surface area contributed by atoms with Crippen LogP contribution < -0.4 is 9.47 Å². The van der Waals surface area contributed by atoms with Crippen molar-refractivity contribution in [2.24, 2.45) is 0 Å². The van der Waals surface area contributed by atoms with E-state index in [1.54, 1.807) is 49.4 Å². The normalized spacial score (nSPS) is 12.0. The molecule has 2 heterocycles. The highest BCUT2D eigenvalue weighted by Crippen LogP contribution is 2.37. The van der Waals surface area contributed by atoms with Crippen LogP contribution in [-0.4, -0.2) is 22.5 Å². The summed E-state index contributed by atoms with van der Waals surface area (Å²) in [6.45, 7) is 3.72. The van der Waals surface area contributed by atoms with Crippen molar-refractivity contribution in [3.8, 4) is 28.6 Å². The van der Waals surface area contributed by atoms with E-state index < -0.39 is 6.10 Å². The van der Waals surface area contributed by atoms with Crippen LogP contribution >= 0.6 is 23.2 Å². The second kappa shape index (κ2) is 9.59. The monoisotopic (exact) mass is 470 g/mol. The average Bonchev–Trinajstić information content (AvgIpc) is 3.18. The van der Waals surface area contributed by atoms with Gasteiger partial charge in [0, 0.05) is 22.7 Å². The smallest absolute Gasteiger partial charge is 0.219 e. The van der Waals surface area contributed by atoms with Crippen molar-refractivity contribution in [3.05, 3.63) is 64.3 Å². The van der Waals surface area contributed by atoms with Gasteiger partial charge >= 0.3 is 0 Å². The molecule has 4 aromatic rings. The second-order valence-electron chi connectivity index (χ2n) is 7.22. The topological polar surface area (TPSA) is 74.5 Å². The Kier molecular flexibility index (Phi) is 6.63. The zero-order valence-electron chi connectivity index (χ0n) is 17.5. The highest BCUT2D eigenvalue weighted by Gasteiger charge is 2.19. The van der Waals surface area contributed by atoms with Gasteiger partial charge in [0.15, 0.2) is 18.0 Å². The van der Waals surface area contributed by atoms with Crippen LogP contribution in [0.15, 0.2) is 53.1 Å². The molecular weight excluding hydrogens is 451 g/mol. The van der Waals surface area contributed by atoms with Crippen molar-refractivity contribution in [1.29, 1.82) is 0 Å². The highest BCUT2D eigenvalue weighted by atomic mass is 35.5. The van der Waals surface area contributed by atoms with Crippen LogP contribution in [0.1, 0.15) is 26.0 Å². The molecule has 6 nitrogen and oxygen atoms in total. The van der Waals surface area contributed by atoms with Crippen molar-refractivity contribution in [1.82, 2.24) is 10.1 Å². The lowest BCUT2D eigenvalue weighted by Gasteiger charge is -2.11. The Hall–Kier alpha value is -3.09. The third kappa shape index (κ3) is 4.71. The van der Waals surface area contributed by atoms with Gasteiger partial charge in [-0.05, 0) is 49.7 Å². The molecule has 2 aromatic heterocycles. The number of pyridine rings is 1. The van der Waals surface area contributed by atoms with Crippen molar-refractivity contribution in [2.75, 3.05) is 0 Å². The van der Waals surface area contributed by atoms with E-state index in [1.165, 1.54) is 0 Å². The molecule has 1 atom stereocenters. The molecule has 164 valence electrons. The number of aldehydes is 1. The molecule has 0 aliphatic heterocycles. The quantitative estimate of drug-likeness (QED) is 0.260. The van der Waals surface area contributed by atoms with Crippen LogP contribution in [0.5, 0.6) is 17.4 Å². The Balaban J connectivity index is 1.73. The van der Waals surface area contributed by atoms with Crippen molar-refractivity contribution in [2.45, 2.75) is 32.8 Å². The number of nitrogens with zero attached hydrogens (tertiary/aromatic N) is 2. The Morgan fingerprint density at radius 1 is 1.12 bits per heavy atom. The predicted molar refractivity (Wildman–Crippen MR) is 124 cm³/mol. The van der Waals surface area contributed by atoms with E-state index >= 15 is 0 Å². The van der Waals surface area contributed by atoms with Gasteiger partial charge in [0.1, 0.15) is 17.2 Å². The molecule has 0 fully saturated rings. The van der Waals surface area contributed by atoms with Gasteiger partial charge in [-0.1, -0.05) is 41.7 Å². The van der Waals surface area contributed by atoms with Crippen molar-refractivity contribution < 1.29 is 18.8 Å². The number of aryl methyl sites for hydroxylation is 1. The Morgan fingerprint density at radius 3 is 2.62 bits per heavy atom. The summed E-state index contributed by atoms with van der Waals surface area (Å²) in [6.07, 6.45) is 1.69. The van der Waals surface area contributed by atoms with Crippen LogP contribution in [0, 0.1) is 0 Å². The number of carbonyl (C=O) groups excluding carboxylic acids is 1. The van der Waals surface area contributed by atoms with E-state index in [0.717, 1.165) is 24.1 Å². The first-order valence-electron chi connectivity index (χ1n) is 10.1. The summed E-state index contributed by atoms with van der Waals surface area (Å²) in [5, 5.41) is 5.95. The number of aromatic nitrogens is 2. The predicted octanol–water partition coefficient (Wildman–Crippen LogP) is 6.91. The number of rotatable bonds is 8. The molecule has 32 heavy (non-hydrogen) atoms. The third-order valence-electron chi connectivity index (χ3n) is 4.76. The first-order chi connectivity index (χ1) is 15.5. The van der Waals surface area contributed by atoms with E-state index in [9.17, 15) is 4.79 Å². The molecular formula is C24H20Cl2N2O4. The van der Waals surface area contributed by atoms with Gasteiger partial charge in [-0.2, -0.15) is 0 Å². The van der Waals surface area contributed by atoms with E-state index in [0.29, 0.717) is 50.4 Å². The molecule has 0 bridgehead atoms. The fourth-order valence-corrected chi connectivity index (χ4v) is 3.58. The SMILES string of the molecule is CCCc1nc(Oc2ccc(Cl)cc2)ccc1-c1noc2cc(Cl)c(O[C@H](C)C=O)cc12. The molecule has 0 aliphatic rings. The molecule has 2 aromatic carbocycles. The molecule has 0 aliphatic carbocycles. The molecule has 0 radical (unpaired) electrons. The third-order valence-corrected chi connectivity index (χ3v) is 5.30. The maximum absolute atomic E-state index is 11.0. The van der Waals surface area contributed by atoms with Gasteiger partial charge in [0.05, 0.1) is 16.1 Å². The number of hydrogen-bond donors (Lipinski definition) is 0. The molecule has 0 unspecified atom stereocenters. The molecule has 0 amide bonds. The van der Waals surface area contributed by atoms with Crippen LogP contribution in [0.4, 0.5) is 0 Å². The number of ether oxygens (including phenoxy) is 2. The molecule has 0 saturated heterocycles. The molecule has 8 heteroatoms. The molecule has 4 rings (SSSR count). The second-order valence-corrected chi connectivity index (χ2v) is 8.06. The summed E-state index contributed by atoms with van der Waals surface area (Å²) in [5.74, 6) is 1.50. The van der Waals surface area contributed by atoms with Gasteiger partial charge in [0.25, 0.3) is 0 Å². The van der Waals surface area contributed by atoms with Crippen LogP contribution in [0.25, 0.3) is 22.2 Å². The first-order valence-corrected chi connectivity index (χ1v) is 10.9. The lowest BCUT2D eigenvalue weighted by Crippen LogP contribution is -2.12. The lowest BCUT2D eigenvalue weighted by atomic mass is 10.0. The van der Waals surface area contributed by atoms with Gasteiger partial charge in [-0.25, -0.2) is 4.98 Å². The minimum atomic E-state index is -0.630. The van der Waals surface area contributed by atoms with Crippen LogP contribution in [0.2, 0.25) is 10.0 Å².